The summed E-state index contributed by atoms with van der Waals surface area (Å²) in [5.41, 5.74) is 5.47. The van der Waals surface area contributed by atoms with Crippen LogP contribution in [0.5, 0.6) is 0 Å². The number of hydrogen-bond donors (Lipinski definition) is 1. The highest BCUT2D eigenvalue weighted by Crippen LogP contribution is 2.12. The Balaban J connectivity index is 0. The first-order valence-electron chi connectivity index (χ1n) is 8.12. The van der Waals surface area contributed by atoms with Crippen molar-refractivity contribution >= 4 is 0 Å². The lowest BCUT2D eigenvalue weighted by Gasteiger charge is -2.02. The summed E-state index contributed by atoms with van der Waals surface area (Å²) in [5.74, 6) is 0. The molecule has 0 radical (unpaired) electrons. The minimum atomic E-state index is 0. The van der Waals surface area contributed by atoms with E-state index in [0.29, 0.717) is 0 Å². The third kappa shape index (κ3) is 18.3. The molecule has 0 aliphatic rings. The van der Waals surface area contributed by atoms with Crippen LogP contribution in [-0.2, 0) is 0 Å². The van der Waals surface area contributed by atoms with Crippen LogP contribution in [-0.4, -0.2) is 6.54 Å². The Labute approximate surface area is 117 Å². The van der Waals surface area contributed by atoms with Gasteiger partial charge in [-0.05, 0) is 13.0 Å². The van der Waals surface area contributed by atoms with Gasteiger partial charge >= 0.3 is 0 Å². The summed E-state index contributed by atoms with van der Waals surface area (Å²) in [7, 11) is 0. The maximum absolute atomic E-state index is 5.47. The van der Waals surface area contributed by atoms with Crippen molar-refractivity contribution in [2.45, 2.75) is 104 Å². The van der Waals surface area contributed by atoms with Gasteiger partial charge < -0.3 is 5.73 Å². The second kappa shape index (κ2) is 19.3. The first kappa shape index (κ1) is 20.3. The molecule has 0 aromatic heterocycles. The van der Waals surface area contributed by atoms with Gasteiger partial charge in [0.1, 0.15) is 0 Å². The summed E-state index contributed by atoms with van der Waals surface area (Å²) in [6.45, 7) is 3.16. The molecule has 0 rings (SSSR count). The standard InChI is InChI=1S/C16H35N.CH4/c1-2-3-4-5-6-7-8-9-10-11-12-13-14-15-16-17;/h2-17H2,1H3;1H4. The minimum absolute atomic E-state index is 0. The van der Waals surface area contributed by atoms with Crippen LogP contribution in [0.25, 0.3) is 0 Å². The fourth-order valence-corrected chi connectivity index (χ4v) is 2.34. The number of unbranched alkanes of at least 4 members (excludes halogenated alkanes) is 13. The van der Waals surface area contributed by atoms with E-state index in [0.717, 1.165) is 6.54 Å². The van der Waals surface area contributed by atoms with Crippen molar-refractivity contribution in [1.29, 1.82) is 0 Å². The Morgan fingerprint density at radius 1 is 0.500 bits per heavy atom. The predicted molar refractivity (Wildman–Crippen MR) is 86.1 cm³/mol. The van der Waals surface area contributed by atoms with E-state index in [2.05, 4.69) is 6.92 Å². The second-order valence-electron chi connectivity index (χ2n) is 5.38. The summed E-state index contributed by atoms with van der Waals surface area (Å²) in [4.78, 5) is 0. The van der Waals surface area contributed by atoms with Crippen LogP contribution >= 0.6 is 0 Å². The molecule has 1 nitrogen and oxygen atoms in total. The Bertz CT molecular complexity index is 109. The zero-order valence-corrected chi connectivity index (χ0v) is 12.2. The van der Waals surface area contributed by atoms with Gasteiger partial charge in [-0.25, -0.2) is 0 Å². The van der Waals surface area contributed by atoms with Gasteiger partial charge in [0.15, 0.2) is 0 Å². The molecular formula is C17H39N. The quantitative estimate of drug-likeness (QED) is 0.376. The monoisotopic (exact) mass is 257 g/mol. The Kier molecular flexibility index (Phi) is 21.7. The maximum Gasteiger partial charge on any atom is -0.00773 e. The van der Waals surface area contributed by atoms with Crippen molar-refractivity contribution in [2.24, 2.45) is 5.73 Å². The fourth-order valence-electron chi connectivity index (χ4n) is 2.34. The molecule has 0 fully saturated rings. The molecule has 18 heavy (non-hydrogen) atoms. The lowest BCUT2D eigenvalue weighted by molar-refractivity contribution is 0.536. The molecule has 0 amide bonds. The van der Waals surface area contributed by atoms with Crippen LogP contribution in [0.2, 0.25) is 0 Å². The normalized spacial score (nSPS) is 10.3. The molecular weight excluding hydrogens is 218 g/mol. The molecule has 0 atom stereocenters. The Hall–Kier alpha value is -0.0400. The van der Waals surface area contributed by atoms with Gasteiger partial charge in [0.25, 0.3) is 0 Å². The van der Waals surface area contributed by atoms with E-state index >= 15 is 0 Å². The van der Waals surface area contributed by atoms with Crippen molar-refractivity contribution in [3.05, 3.63) is 0 Å². The van der Waals surface area contributed by atoms with E-state index in [4.69, 9.17) is 5.73 Å². The topological polar surface area (TPSA) is 26.0 Å². The average Bonchev–Trinajstić information content (AvgIpc) is 2.35. The number of nitrogens with two attached hydrogens (primary N) is 1. The molecule has 0 bridgehead atoms. The van der Waals surface area contributed by atoms with E-state index < -0.39 is 0 Å². The molecule has 0 unspecified atom stereocenters. The lowest BCUT2D eigenvalue weighted by Crippen LogP contribution is -1.97. The molecule has 0 heterocycles. The van der Waals surface area contributed by atoms with Crippen molar-refractivity contribution in [1.82, 2.24) is 0 Å². The van der Waals surface area contributed by atoms with Crippen LogP contribution in [0.4, 0.5) is 0 Å². The van der Waals surface area contributed by atoms with Crippen LogP contribution in [0.15, 0.2) is 0 Å². The molecule has 0 aromatic rings. The predicted octanol–water partition coefficient (Wildman–Crippen LogP) is 6.06. The largest absolute Gasteiger partial charge is 0.330 e. The molecule has 0 aromatic carbocycles. The molecule has 0 spiro atoms. The minimum Gasteiger partial charge on any atom is -0.330 e. The molecule has 0 aliphatic heterocycles. The van der Waals surface area contributed by atoms with Gasteiger partial charge in [-0.15, -0.1) is 0 Å². The van der Waals surface area contributed by atoms with Gasteiger partial charge in [-0.1, -0.05) is 97.8 Å². The zero-order chi connectivity index (χ0) is 12.6. The average molecular weight is 258 g/mol. The summed E-state index contributed by atoms with van der Waals surface area (Å²) in [5, 5.41) is 0. The summed E-state index contributed by atoms with van der Waals surface area (Å²) in [6.07, 6.45) is 19.9. The van der Waals surface area contributed by atoms with Crippen molar-refractivity contribution in [3.8, 4) is 0 Å². The van der Waals surface area contributed by atoms with E-state index in [1.165, 1.54) is 89.9 Å². The highest BCUT2D eigenvalue weighted by molar-refractivity contribution is 4.49. The first-order valence-corrected chi connectivity index (χ1v) is 8.12. The molecule has 0 aliphatic carbocycles. The van der Waals surface area contributed by atoms with Gasteiger partial charge in [0.05, 0.1) is 0 Å². The first-order chi connectivity index (χ1) is 8.41. The maximum atomic E-state index is 5.47. The second-order valence-corrected chi connectivity index (χ2v) is 5.38. The van der Waals surface area contributed by atoms with E-state index in [-0.39, 0.29) is 7.43 Å². The fraction of sp³-hybridized carbons (Fsp3) is 1.00. The van der Waals surface area contributed by atoms with Gasteiger partial charge in [-0.2, -0.15) is 0 Å². The molecule has 1 heteroatoms. The third-order valence-electron chi connectivity index (χ3n) is 3.56. The van der Waals surface area contributed by atoms with Gasteiger partial charge in [0.2, 0.25) is 0 Å². The SMILES string of the molecule is C.CCCCCCCCCCCCCCCCN. The van der Waals surface area contributed by atoms with Crippen LogP contribution < -0.4 is 5.73 Å². The smallest absolute Gasteiger partial charge is 0.00773 e. The van der Waals surface area contributed by atoms with Crippen molar-refractivity contribution < 1.29 is 0 Å². The van der Waals surface area contributed by atoms with E-state index in [1.54, 1.807) is 0 Å². The number of rotatable bonds is 14. The Morgan fingerprint density at radius 2 is 0.778 bits per heavy atom. The van der Waals surface area contributed by atoms with E-state index in [9.17, 15) is 0 Å². The number of hydrogen-bond acceptors (Lipinski definition) is 1. The highest BCUT2D eigenvalue weighted by Gasteiger charge is 1.93. The third-order valence-corrected chi connectivity index (χ3v) is 3.56. The van der Waals surface area contributed by atoms with Crippen LogP contribution in [0, 0.1) is 0 Å². The molecule has 0 saturated heterocycles. The molecule has 2 N–H and O–H groups in total. The van der Waals surface area contributed by atoms with Gasteiger partial charge in [0, 0.05) is 0 Å². The van der Waals surface area contributed by atoms with Crippen LogP contribution in [0.1, 0.15) is 104 Å². The van der Waals surface area contributed by atoms with Crippen molar-refractivity contribution in [3.63, 3.8) is 0 Å². The van der Waals surface area contributed by atoms with Crippen molar-refractivity contribution in [2.75, 3.05) is 6.54 Å². The Morgan fingerprint density at radius 3 is 1.06 bits per heavy atom. The zero-order valence-electron chi connectivity index (χ0n) is 12.2. The lowest BCUT2D eigenvalue weighted by atomic mass is 10.0. The van der Waals surface area contributed by atoms with E-state index in [1.807, 2.05) is 0 Å². The summed E-state index contributed by atoms with van der Waals surface area (Å²) in [6, 6.07) is 0. The van der Waals surface area contributed by atoms with Crippen LogP contribution in [0.3, 0.4) is 0 Å². The summed E-state index contributed by atoms with van der Waals surface area (Å²) >= 11 is 0. The molecule has 112 valence electrons. The molecule has 0 saturated carbocycles. The van der Waals surface area contributed by atoms with Gasteiger partial charge in [-0.3, -0.25) is 0 Å². The highest BCUT2D eigenvalue weighted by atomic mass is 14.5. The summed E-state index contributed by atoms with van der Waals surface area (Å²) < 4.78 is 0.